The minimum atomic E-state index is -0.797. The zero-order chi connectivity index (χ0) is 14.5. The Labute approximate surface area is 122 Å². The van der Waals surface area contributed by atoms with Crippen LogP contribution in [0.25, 0.3) is 0 Å². The lowest BCUT2D eigenvalue weighted by molar-refractivity contribution is -0.137. The molecule has 0 amide bonds. The molecule has 1 atom stereocenters. The van der Waals surface area contributed by atoms with Gasteiger partial charge in [0.15, 0.2) is 0 Å². The standard InChI is InChI=1S/C14H19N3O2S/c1-10(2)17-9-11(8-16-17)7-15-12(6-14(18)19)13-4-3-5-20-13/h3-5,8-10,12,15H,6-7H2,1-2H3,(H,18,19). The zero-order valence-electron chi connectivity index (χ0n) is 11.6. The van der Waals surface area contributed by atoms with Crippen LogP contribution in [-0.4, -0.2) is 20.9 Å². The van der Waals surface area contributed by atoms with E-state index in [-0.39, 0.29) is 12.5 Å². The molecular formula is C14H19N3O2S. The summed E-state index contributed by atoms with van der Waals surface area (Å²) in [5.41, 5.74) is 1.06. The van der Waals surface area contributed by atoms with E-state index in [0.717, 1.165) is 10.4 Å². The molecule has 2 rings (SSSR count). The van der Waals surface area contributed by atoms with Crippen molar-refractivity contribution >= 4 is 17.3 Å². The van der Waals surface area contributed by atoms with Gasteiger partial charge in [0.1, 0.15) is 0 Å². The second-order valence-electron chi connectivity index (χ2n) is 4.97. The first-order valence-corrected chi connectivity index (χ1v) is 7.46. The highest BCUT2D eigenvalue weighted by molar-refractivity contribution is 7.10. The summed E-state index contributed by atoms with van der Waals surface area (Å²) in [6, 6.07) is 4.07. The van der Waals surface area contributed by atoms with Gasteiger partial charge in [0.2, 0.25) is 0 Å². The van der Waals surface area contributed by atoms with Crippen LogP contribution in [0, 0.1) is 0 Å². The third-order valence-corrected chi connectivity index (χ3v) is 3.99. The highest BCUT2D eigenvalue weighted by Crippen LogP contribution is 2.22. The normalized spacial score (nSPS) is 12.8. The third kappa shape index (κ3) is 3.91. The summed E-state index contributed by atoms with van der Waals surface area (Å²) < 4.78 is 1.90. The minimum absolute atomic E-state index is 0.0822. The minimum Gasteiger partial charge on any atom is -0.481 e. The molecule has 0 fully saturated rings. The number of carboxylic acid groups (broad SMARTS) is 1. The highest BCUT2D eigenvalue weighted by Gasteiger charge is 2.16. The molecule has 20 heavy (non-hydrogen) atoms. The molecule has 0 bridgehead atoms. The number of thiophene rings is 1. The van der Waals surface area contributed by atoms with Crippen molar-refractivity contribution in [3.05, 3.63) is 40.3 Å². The smallest absolute Gasteiger partial charge is 0.305 e. The number of rotatable bonds is 7. The van der Waals surface area contributed by atoms with Crippen LogP contribution in [0.3, 0.4) is 0 Å². The number of aromatic nitrogens is 2. The predicted octanol–water partition coefficient (Wildman–Crippen LogP) is 2.83. The van der Waals surface area contributed by atoms with Gasteiger partial charge in [-0.1, -0.05) is 6.07 Å². The molecule has 2 heterocycles. The fraction of sp³-hybridized carbons (Fsp3) is 0.429. The maximum Gasteiger partial charge on any atom is 0.305 e. The number of nitrogens with zero attached hydrogens (tertiary/aromatic N) is 2. The van der Waals surface area contributed by atoms with Gasteiger partial charge in [-0.25, -0.2) is 0 Å². The molecule has 2 aromatic rings. The largest absolute Gasteiger partial charge is 0.481 e. The van der Waals surface area contributed by atoms with Gasteiger partial charge in [-0.05, 0) is 25.3 Å². The van der Waals surface area contributed by atoms with Gasteiger partial charge in [-0.2, -0.15) is 5.10 Å². The summed E-state index contributed by atoms with van der Waals surface area (Å²) in [6.45, 7) is 4.76. The zero-order valence-corrected chi connectivity index (χ0v) is 12.4. The van der Waals surface area contributed by atoms with E-state index in [0.29, 0.717) is 12.6 Å². The lowest BCUT2D eigenvalue weighted by atomic mass is 10.1. The maximum atomic E-state index is 11.0. The molecule has 0 aromatic carbocycles. The molecule has 1 unspecified atom stereocenters. The lowest BCUT2D eigenvalue weighted by Crippen LogP contribution is -2.22. The average Bonchev–Trinajstić information content (AvgIpc) is 3.05. The Morgan fingerprint density at radius 2 is 2.35 bits per heavy atom. The van der Waals surface area contributed by atoms with E-state index in [9.17, 15) is 4.79 Å². The SMILES string of the molecule is CC(C)n1cc(CNC(CC(=O)O)c2cccs2)cn1. The van der Waals surface area contributed by atoms with E-state index in [1.54, 1.807) is 11.3 Å². The fourth-order valence-electron chi connectivity index (χ4n) is 1.93. The summed E-state index contributed by atoms with van der Waals surface area (Å²) in [6.07, 6.45) is 3.89. The monoisotopic (exact) mass is 293 g/mol. The summed E-state index contributed by atoms with van der Waals surface area (Å²) in [4.78, 5) is 12.0. The van der Waals surface area contributed by atoms with E-state index in [2.05, 4.69) is 24.3 Å². The van der Waals surface area contributed by atoms with Gasteiger partial charge < -0.3 is 10.4 Å². The predicted molar refractivity (Wildman–Crippen MR) is 78.8 cm³/mol. The Balaban J connectivity index is 1.99. The lowest BCUT2D eigenvalue weighted by Gasteiger charge is -2.14. The molecule has 6 heteroatoms. The van der Waals surface area contributed by atoms with Gasteiger partial charge in [-0.15, -0.1) is 11.3 Å². The first-order valence-electron chi connectivity index (χ1n) is 6.58. The Morgan fingerprint density at radius 1 is 1.55 bits per heavy atom. The number of aliphatic carboxylic acids is 1. The molecule has 0 aliphatic rings. The Hall–Kier alpha value is -1.66. The second kappa shape index (κ2) is 6.67. The van der Waals surface area contributed by atoms with Crippen LogP contribution in [0.15, 0.2) is 29.9 Å². The molecular weight excluding hydrogens is 274 g/mol. The van der Waals surface area contributed by atoms with Crippen LogP contribution < -0.4 is 5.32 Å². The van der Waals surface area contributed by atoms with Gasteiger partial charge in [0, 0.05) is 29.2 Å². The molecule has 2 N–H and O–H groups in total. The number of carbonyl (C=O) groups is 1. The maximum absolute atomic E-state index is 11.0. The van der Waals surface area contributed by atoms with Crippen LogP contribution in [0.2, 0.25) is 0 Å². The van der Waals surface area contributed by atoms with E-state index in [4.69, 9.17) is 5.11 Å². The van der Waals surface area contributed by atoms with Crippen molar-refractivity contribution < 1.29 is 9.90 Å². The average molecular weight is 293 g/mol. The first kappa shape index (κ1) is 14.7. The molecule has 108 valence electrons. The van der Waals surface area contributed by atoms with Crippen molar-refractivity contribution in [2.75, 3.05) is 0 Å². The summed E-state index contributed by atoms with van der Waals surface area (Å²) in [5, 5.41) is 18.5. The van der Waals surface area contributed by atoms with Crippen molar-refractivity contribution in [3.8, 4) is 0 Å². The van der Waals surface area contributed by atoms with Gasteiger partial charge in [-0.3, -0.25) is 9.48 Å². The molecule has 0 saturated heterocycles. The highest BCUT2D eigenvalue weighted by atomic mass is 32.1. The Kier molecular flexibility index (Phi) is 4.92. The van der Waals surface area contributed by atoms with E-state index in [1.807, 2.05) is 34.6 Å². The summed E-state index contributed by atoms with van der Waals surface area (Å²) in [7, 11) is 0. The van der Waals surface area contributed by atoms with E-state index in [1.165, 1.54) is 0 Å². The second-order valence-corrected chi connectivity index (χ2v) is 5.95. The van der Waals surface area contributed by atoms with Crippen LogP contribution in [0.5, 0.6) is 0 Å². The third-order valence-electron chi connectivity index (χ3n) is 3.00. The van der Waals surface area contributed by atoms with Gasteiger partial charge in [0.25, 0.3) is 0 Å². The molecule has 0 saturated carbocycles. The number of carboxylic acids is 1. The van der Waals surface area contributed by atoms with Crippen molar-refractivity contribution in [3.63, 3.8) is 0 Å². The Morgan fingerprint density at radius 3 is 2.90 bits per heavy atom. The molecule has 0 aliphatic heterocycles. The van der Waals surface area contributed by atoms with Crippen LogP contribution in [-0.2, 0) is 11.3 Å². The van der Waals surface area contributed by atoms with Crippen molar-refractivity contribution in [1.29, 1.82) is 0 Å². The first-order chi connectivity index (χ1) is 9.56. The summed E-state index contributed by atoms with van der Waals surface area (Å²) >= 11 is 1.57. The topological polar surface area (TPSA) is 67.2 Å². The fourth-order valence-corrected chi connectivity index (χ4v) is 2.73. The Bertz CT molecular complexity index is 549. The van der Waals surface area contributed by atoms with Crippen molar-refractivity contribution in [2.45, 2.75) is 38.9 Å². The molecule has 0 radical (unpaired) electrons. The molecule has 5 nitrogen and oxygen atoms in total. The van der Waals surface area contributed by atoms with E-state index < -0.39 is 5.97 Å². The number of hydrogen-bond donors (Lipinski definition) is 2. The molecule has 2 aromatic heterocycles. The van der Waals surface area contributed by atoms with Crippen LogP contribution in [0.4, 0.5) is 0 Å². The van der Waals surface area contributed by atoms with E-state index >= 15 is 0 Å². The van der Waals surface area contributed by atoms with Gasteiger partial charge in [0.05, 0.1) is 18.7 Å². The molecule has 0 aliphatic carbocycles. The summed E-state index contributed by atoms with van der Waals surface area (Å²) in [5.74, 6) is -0.797. The number of nitrogens with one attached hydrogen (secondary N) is 1. The van der Waals surface area contributed by atoms with Crippen LogP contribution >= 0.6 is 11.3 Å². The van der Waals surface area contributed by atoms with Gasteiger partial charge >= 0.3 is 5.97 Å². The molecule has 0 spiro atoms. The quantitative estimate of drug-likeness (QED) is 0.823. The van der Waals surface area contributed by atoms with Crippen molar-refractivity contribution in [1.82, 2.24) is 15.1 Å². The number of hydrogen-bond acceptors (Lipinski definition) is 4. The van der Waals surface area contributed by atoms with Crippen LogP contribution in [0.1, 0.15) is 42.8 Å². The van der Waals surface area contributed by atoms with Crippen molar-refractivity contribution in [2.24, 2.45) is 0 Å².